The van der Waals surface area contributed by atoms with E-state index < -0.39 is 0 Å². The van der Waals surface area contributed by atoms with Gasteiger partial charge in [-0.15, -0.1) is 12.4 Å². The van der Waals surface area contributed by atoms with Crippen molar-refractivity contribution in [2.45, 2.75) is 19.4 Å². The highest BCUT2D eigenvalue weighted by molar-refractivity contribution is 5.85. The Kier molecular flexibility index (Phi) is 3.50. The molecule has 0 radical (unpaired) electrons. The van der Waals surface area contributed by atoms with Crippen molar-refractivity contribution in [3.8, 4) is 0 Å². The third-order valence-electron chi connectivity index (χ3n) is 1.91. The standard InChI is InChI=1S/C7H13N5.ClH/c8-3-2-6-10-7-9-4-1-5-12(7)11-6;/h1-5,8H2,(H,9,10,11);1H. The van der Waals surface area contributed by atoms with Crippen LogP contribution in [0.4, 0.5) is 5.95 Å². The third-order valence-corrected chi connectivity index (χ3v) is 1.91. The molecule has 1 aromatic heterocycles. The molecule has 0 fully saturated rings. The van der Waals surface area contributed by atoms with E-state index >= 15 is 0 Å². The molecule has 2 rings (SSSR count). The normalized spacial score (nSPS) is 14.2. The van der Waals surface area contributed by atoms with E-state index in [1.807, 2.05) is 4.68 Å². The van der Waals surface area contributed by atoms with Gasteiger partial charge < -0.3 is 11.1 Å². The second-order valence-electron chi connectivity index (χ2n) is 2.89. The Balaban J connectivity index is 0.000000845. The molecule has 1 aliphatic heterocycles. The minimum atomic E-state index is 0. The Morgan fingerprint density at radius 1 is 1.54 bits per heavy atom. The Hall–Kier alpha value is -0.810. The number of hydrogen-bond acceptors (Lipinski definition) is 4. The number of halogens is 1. The maximum Gasteiger partial charge on any atom is 0.221 e. The summed E-state index contributed by atoms with van der Waals surface area (Å²) in [5.41, 5.74) is 5.41. The fourth-order valence-corrected chi connectivity index (χ4v) is 1.34. The average Bonchev–Trinajstić information content (AvgIpc) is 2.47. The van der Waals surface area contributed by atoms with Gasteiger partial charge in [0.2, 0.25) is 5.95 Å². The van der Waals surface area contributed by atoms with E-state index in [9.17, 15) is 0 Å². The molecule has 0 aromatic carbocycles. The molecule has 0 spiro atoms. The van der Waals surface area contributed by atoms with Gasteiger partial charge in [-0.05, 0) is 13.0 Å². The van der Waals surface area contributed by atoms with Crippen molar-refractivity contribution in [2.75, 3.05) is 18.4 Å². The summed E-state index contributed by atoms with van der Waals surface area (Å²) in [6.07, 6.45) is 1.89. The molecule has 5 nitrogen and oxygen atoms in total. The van der Waals surface area contributed by atoms with Crippen LogP contribution < -0.4 is 11.1 Å². The van der Waals surface area contributed by atoms with Crippen molar-refractivity contribution in [1.29, 1.82) is 0 Å². The number of hydrogen-bond donors (Lipinski definition) is 2. The van der Waals surface area contributed by atoms with E-state index in [0.29, 0.717) is 6.54 Å². The van der Waals surface area contributed by atoms with Crippen LogP contribution in [0.15, 0.2) is 0 Å². The van der Waals surface area contributed by atoms with E-state index in [2.05, 4.69) is 15.4 Å². The molecule has 74 valence electrons. The number of aryl methyl sites for hydroxylation is 1. The van der Waals surface area contributed by atoms with E-state index in [1.54, 1.807) is 0 Å². The summed E-state index contributed by atoms with van der Waals surface area (Å²) in [6, 6.07) is 0. The first-order valence-electron chi connectivity index (χ1n) is 4.28. The second kappa shape index (κ2) is 4.43. The van der Waals surface area contributed by atoms with Crippen molar-refractivity contribution in [3.63, 3.8) is 0 Å². The molecule has 0 atom stereocenters. The van der Waals surface area contributed by atoms with Crippen LogP contribution in [-0.2, 0) is 13.0 Å². The van der Waals surface area contributed by atoms with Crippen LogP contribution >= 0.6 is 12.4 Å². The zero-order valence-corrected chi connectivity index (χ0v) is 8.18. The molecule has 6 heteroatoms. The largest absolute Gasteiger partial charge is 0.354 e. The van der Waals surface area contributed by atoms with Gasteiger partial charge in [-0.2, -0.15) is 10.1 Å². The van der Waals surface area contributed by atoms with Crippen LogP contribution in [0.25, 0.3) is 0 Å². The molecule has 0 bridgehead atoms. The predicted octanol–water partition coefficient (Wildman–Crippen LogP) is 0.0167. The van der Waals surface area contributed by atoms with Gasteiger partial charge in [0.15, 0.2) is 5.82 Å². The van der Waals surface area contributed by atoms with Crippen LogP contribution in [0.5, 0.6) is 0 Å². The molecule has 2 heterocycles. The van der Waals surface area contributed by atoms with Gasteiger partial charge >= 0.3 is 0 Å². The van der Waals surface area contributed by atoms with Gasteiger partial charge in [-0.3, -0.25) is 0 Å². The van der Waals surface area contributed by atoms with Crippen LogP contribution in [0, 0.1) is 0 Å². The first kappa shape index (κ1) is 10.3. The summed E-state index contributed by atoms with van der Waals surface area (Å²) in [4.78, 5) is 4.30. The summed E-state index contributed by atoms with van der Waals surface area (Å²) in [5.74, 6) is 1.74. The molecule has 0 aliphatic carbocycles. The highest BCUT2D eigenvalue weighted by Gasteiger charge is 2.11. The van der Waals surface area contributed by atoms with Gasteiger partial charge in [0, 0.05) is 19.5 Å². The smallest absolute Gasteiger partial charge is 0.221 e. The van der Waals surface area contributed by atoms with E-state index in [1.165, 1.54) is 0 Å². The van der Waals surface area contributed by atoms with Gasteiger partial charge in [0.05, 0.1) is 0 Å². The number of anilines is 1. The third kappa shape index (κ3) is 2.10. The predicted molar refractivity (Wildman–Crippen MR) is 53.1 cm³/mol. The SMILES string of the molecule is Cl.NCCc1nc2n(n1)CCCN2. The maximum atomic E-state index is 5.41. The number of aromatic nitrogens is 3. The lowest BCUT2D eigenvalue weighted by Gasteiger charge is -2.12. The summed E-state index contributed by atoms with van der Waals surface area (Å²) in [6.45, 7) is 2.59. The lowest BCUT2D eigenvalue weighted by molar-refractivity contribution is 0.560. The minimum Gasteiger partial charge on any atom is -0.354 e. The molecule has 0 unspecified atom stereocenters. The molecule has 0 saturated heterocycles. The van der Waals surface area contributed by atoms with Crippen molar-refractivity contribution in [3.05, 3.63) is 5.82 Å². The van der Waals surface area contributed by atoms with Crippen molar-refractivity contribution in [2.24, 2.45) is 5.73 Å². The highest BCUT2D eigenvalue weighted by atomic mass is 35.5. The Morgan fingerprint density at radius 2 is 2.38 bits per heavy atom. The first-order valence-corrected chi connectivity index (χ1v) is 4.28. The fourth-order valence-electron chi connectivity index (χ4n) is 1.34. The number of fused-ring (bicyclic) bond motifs is 1. The van der Waals surface area contributed by atoms with Crippen molar-refractivity contribution < 1.29 is 0 Å². The average molecular weight is 204 g/mol. The Bertz CT molecular complexity index is 248. The quantitative estimate of drug-likeness (QED) is 0.711. The summed E-state index contributed by atoms with van der Waals surface area (Å²) < 4.78 is 1.91. The van der Waals surface area contributed by atoms with Crippen LogP contribution in [0.2, 0.25) is 0 Å². The van der Waals surface area contributed by atoms with E-state index in [0.717, 1.165) is 37.7 Å². The molecular weight excluding hydrogens is 190 g/mol. The Labute approximate surface area is 83.1 Å². The molecule has 1 aromatic rings. The highest BCUT2D eigenvalue weighted by Crippen LogP contribution is 2.10. The van der Waals surface area contributed by atoms with Gasteiger partial charge in [0.25, 0.3) is 0 Å². The van der Waals surface area contributed by atoms with Gasteiger partial charge in [-0.25, -0.2) is 4.68 Å². The van der Waals surface area contributed by atoms with Crippen molar-refractivity contribution in [1.82, 2.24) is 14.8 Å². The van der Waals surface area contributed by atoms with Gasteiger partial charge in [0.1, 0.15) is 0 Å². The second-order valence-corrected chi connectivity index (χ2v) is 2.89. The molecule has 0 saturated carbocycles. The minimum absolute atomic E-state index is 0. The molecular formula is C7H14ClN5. The number of nitrogens with two attached hydrogens (primary N) is 1. The van der Waals surface area contributed by atoms with Crippen molar-refractivity contribution >= 4 is 18.4 Å². The van der Waals surface area contributed by atoms with Crippen LogP contribution in [0.1, 0.15) is 12.2 Å². The first-order chi connectivity index (χ1) is 5.90. The van der Waals surface area contributed by atoms with E-state index in [-0.39, 0.29) is 12.4 Å². The zero-order valence-electron chi connectivity index (χ0n) is 7.36. The Morgan fingerprint density at radius 3 is 3.08 bits per heavy atom. The molecule has 13 heavy (non-hydrogen) atoms. The number of rotatable bonds is 2. The topological polar surface area (TPSA) is 68.8 Å². The number of nitrogens with one attached hydrogen (secondary N) is 1. The fraction of sp³-hybridized carbons (Fsp3) is 0.714. The summed E-state index contributed by atoms with van der Waals surface area (Å²) in [5, 5.41) is 7.49. The lowest BCUT2D eigenvalue weighted by Crippen LogP contribution is -2.17. The van der Waals surface area contributed by atoms with E-state index in [4.69, 9.17) is 5.73 Å². The van der Waals surface area contributed by atoms with Gasteiger partial charge in [-0.1, -0.05) is 0 Å². The zero-order chi connectivity index (χ0) is 8.39. The summed E-state index contributed by atoms with van der Waals surface area (Å²) >= 11 is 0. The van der Waals surface area contributed by atoms with Crippen LogP contribution in [0.3, 0.4) is 0 Å². The molecule has 0 amide bonds. The molecule has 3 N–H and O–H groups in total. The lowest BCUT2D eigenvalue weighted by atomic mass is 10.4. The maximum absolute atomic E-state index is 5.41. The number of nitrogens with zero attached hydrogens (tertiary/aromatic N) is 3. The van der Waals surface area contributed by atoms with Crippen LogP contribution in [-0.4, -0.2) is 27.9 Å². The summed E-state index contributed by atoms with van der Waals surface area (Å²) in [7, 11) is 0. The molecule has 1 aliphatic rings. The monoisotopic (exact) mass is 203 g/mol.